The van der Waals surface area contributed by atoms with Crippen LogP contribution < -0.4 is 4.80 Å². The molecule has 4 rings (SSSR count). The molecule has 31 heavy (non-hydrogen) atoms. The molecule has 0 spiro atoms. The molecule has 1 heterocycles. The molecular weight excluding hydrogens is 432 g/mol. The number of hydrogen-bond donors (Lipinski definition) is 0. The molecule has 0 radical (unpaired) electrons. The third kappa shape index (κ3) is 4.63. The van der Waals surface area contributed by atoms with E-state index in [-0.39, 0.29) is 5.69 Å². The molecule has 154 valence electrons. The lowest BCUT2D eigenvalue weighted by atomic mass is 10.1. The van der Waals surface area contributed by atoms with Crippen molar-refractivity contribution in [1.29, 1.82) is 0 Å². The van der Waals surface area contributed by atoms with E-state index in [1.54, 1.807) is 12.1 Å². The molecule has 0 atom stereocenters. The highest BCUT2D eigenvalue weighted by Gasteiger charge is 2.13. The molecule has 0 aliphatic carbocycles. The van der Waals surface area contributed by atoms with E-state index in [0.717, 1.165) is 28.2 Å². The predicted molar refractivity (Wildman–Crippen MR) is 125 cm³/mol. The van der Waals surface area contributed by atoms with Crippen molar-refractivity contribution in [2.75, 3.05) is 0 Å². The number of hydrogen-bond acceptors (Lipinski definition) is 5. The maximum atomic E-state index is 11.2. The Kier molecular flexibility index (Phi) is 6.06. The summed E-state index contributed by atoms with van der Waals surface area (Å²) in [5, 5.41) is 22.7. The minimum Gasteiger partial charge on any atom is -0.284 e. The van der Waals surface area contributed by atoms with E-state index in [4.69, 9.17) is 11.6 Å². The van der Waals surface area contributed by atoms with Gasteiger partial charge in [-0.15, -0.1) is 16.4 Å². The summed E-state index contributed by atoms with van der Waals surface area (Å²) in [5.74, 6) is 0. The van der Waals surface area contributed by atoms with Crippen molar-refractivity contribution in [3.05, 3.63) is 110 Å². The average Bonchev–Trinajstić information content (AvgIpc) is 3.22. The number of thiazole rings is 1. The van der Waals surface area contributed by atoms with Gasteiger partial charge in [0.1, 0.15) is 0 Å². The van der Waals surface area contributed by atoms with E-state index in [0.29, 0.717) is 9.82 Å². The van der Waals surface area contributed by atoms with Crippen LogP contribution in [0.15, 0.2) is 94.4 Å². The average molecular weight is 449 g/mol. The highest BCUT2D eigenvalue weighted by molar-refractivity contribution is 7.07. The quantitative estimate of drug-likeness (QED) is 0.210. The summed E-state index contributed by atoms with van der Waals surface area (Å²) in [5.41, 5.74) is 4.14. The first-order valence-corrected chi connectivity index (χ1v) is 10.6. The first-order valence-electron chi connectivity index (χ1n) is 9.38. The van der Waals surface area contributed by atoms with Crippen LogP contribution in [0.3, 0.4) is 0 Å². The summed E-state index contributed by atoms with van der Waals surface area (Å²) in [7, 11) is 0. The summed E-state index contributed by atoms with van der Waals surface area (Å²) < 4.78 is 1.95. The summed E-state index contributed by atoms with van der Waals surface area (Å²) in [6.45, 7) is 1.88. The van der Waals surface area contributed by atoms with Gasteiger partial charge in [0.2, 0.25) is 4.80 Å². The fourth-order valence-corrected chi connectivity index (χ4v) is 4.04. The van der Waals surface area contributed by atoms with Crippen molar-refractivity contribution in [2.24, 2.45) is 10.2 Å². The zero-order valence-corrected chi connectivity index (χ0v) is 18.0. The van der Waals surface area contributed by atoms with Gasteiger partial charge in [-0.05, 0) is 36.8 Å². The number of nitrogens with zero attached hydrogens (tertiary/aromatic N) is 4. The fourth-order valence-electron chi connectivity index (χ4n) is 3.05. The van der Waals surface area contributed by atoms with Gasteiger partial charge in [-0.25, -0.2) is 0 Å². The third-order valence-corrected chi connectivity index (χ3v) is 5.69. The number of halogens is 1. The smallest absolute Gasteiger partial charge is 0.270 e. The van der Waals surface area contributed by atoms with Gasteiger partial charge >= 0.3 is 0 Å². The lowest BCUT2D eigenvalue weighted by Crippen LogP contribution is -2.13. The Morgan fingerprint density at radius 3 is 2.48 bits per heavy atom. The topological polar surface area (TPSA) is 72.8 Å². The first-order chi connectivity index (χ1) is 15.0. The third-order valence-electron chi connectivity index (χ3n) is 4.62. The Morgan fingerprint density at radius 2 is 1.77 bits per heavy atom. The first kappa shape index (κ1) is 20.7. The van der Waals surface area contributed by atoms with Gasteiger partial charge in [-0.2, -0.15) is 5.10 Å². The molecule has 0 N–H and O–H groups in total. The Labute approximate surface area is 187 Å². The number of non-ortho nitro benzene ring substituents is 1. The zero-order chi connectivity index (χ0) is 21.8. The van der Waals surface area contributed by atoms with Crippen molar-refractivity contribution in [3.8, 4) is 16.9 Å². The molecule has 0 saturated heterocycles. The molecule has 6 nitrogen and oxygen atoms in total. The largest absolute Gasteiger partial charge is 0.284 e. The SMILES string of the molecule is C/C(=N/N=c1\scc(-c2cccc([N+](=O)[O-])c2)n1-c1ccccc1)c1ccc(Cl)cc1. The molecule has 4 aromatic rings. The number of rotatable bonds is 5. The molecule has 0 amide bonds. The van der Waals surface area contributed by atoms with Gasteiger partial charge in [0.15, 0.2) is 0 Å². The van der Waals surface area contributed by atoms with Crippen LogP contribution in [0, 0.1) is 10.1 Å². The predicted octanol–water partition coefficient (Wildman–Crippen LogP) is 6.09. The maximum Gasteiger partial charge on any atom is 0.270 e. The summed E-state index contributed by atoms with van der Waals surface area (Å²) in [6.07, 6.45) is 0. The molecule has 1 aromatic heterocycles. The van der Waals surface area contributed by atoms with Crippen molar-refractivity contribution in [3.63, 3.8) is 0 Å². The second kappa shape index (κ2) is 9.07. The van der Waals surface area contributed by atoms with Crippen molar-refractivity contribution >= 4 is 34.3 Å². The van der Waals surface area contributed by atoms with Crippen LogP contribution in [0.25, 0.3) is 16.9 Å². The van der Waals surface area contributed by atoms with Gasteiger partial charge in [0.25, 0.3) is 5.69 Å². The van der Waals surface area contributed by atoms with Crippen LogP contribution in [0.5, 0.6) is 0 Å². The molecule has 0 fully saturated rings. The summed E-state index contributed by atoms with van der Waals surface area (Å²) >= 11 is 7.38. The molecular formula is C23H17ClN4O2S. The Bertz CT molecular complexity index is 1330. The van der Waals surface area contributed by atoms with Crippen molar-refractivity contribution < 1.29 is 4.92 Å². The minimum absolute atomic E-state index is 0.0402. The van der Waals surface area contributed by atoms with Crippen molar-refractivity contribution in [2.45, 2.75) is 6.92 Å². The van der Waals surface area contributed by atoms with E-state index in [9.17, 15) is 10.1 Å². The van der Waals surface area contributed by atoms with Crippen molar-refractivity contribution in [1.82, 2.24) is 4.57 Å². The minimum atomic E-state index is -0.395. The molecule has 3 aromatic carbocycles. The number of benzene rings is 3. The van der Waals surface area contributed by atoms with Gasteiger partial charge in [-0.3, -0.25) is 14.7 Å². The van der Waals surface area contributed by atoms with Crippen LogP contribution >= 0.6 is 22.9 Å². The van der Waals surface area contributed by atoms with E-state index in [1.807, 2.05) is 77.5 Å². The highest BCUT2D eigenvalue weighted by atomic mass is 35.5. The van der Waals surface area contributed by atoms with Gasteiger partial charge < -0.3 is 0 Å². The summed E-state index contributed by atoms with van der Waals surface area (Å²) in [4.78, 5) is 11.5. The second-order valence-corrected chi connectivity index (χ2v) is 7.95. The second-order valence-electron chi connectivity index (χ2n) is 6.67. The number of nitro benzene ring substituents is 1. The van der Waals surface area contributed by atoms with Crippen LogP contribution in [-0.4, -0.2) is 15.2 Å². The number of nitro groups is 1. The van der Waals surface area contributed by atoms with Crippen LogP contribution in [0.1, 0.15) is 12.5 Å². The number of aromatic nitrogens is 1. The zero-order valence-electron chi connectivity index (χ0n) is 16.5. The van der Waals surface area contributed by atoms with E-state index in [2.05, 4.69) is 10.2 Å². The maximum absolute atomic E-state index is 11.2. The van der Waals surface area contributed by atoms with Crippen LogP contribution in [0.4, 0.5) is 5.69 Å². The Morgan fingerprint density at radius 1 is 1.03 bits per heavy atom. The molecule has 0 aliphatic heterocycles. The molecule has 0 saturated carbocycles. The lowest BCUT2D eigenvalue weighted by Gasteiger charge is -2.09. The molecule has 0 aliphatic rings. The van der Waals surface area contributed by atoms with Gasteiger partial charge in [0.05, 0.1) is 16.3 Å². The van der Waals surface area contributed by atoms with E-state index < -0.39 is 4.92 Å². The summed E-state index contributed by atoms with van der Waals surface area (Å²) in [6, 6.07) is 23.7. The van der Waals surface area contributed by atoms with Gasteiger partial charge in [-0.1, -0.05) is 54.1 Å². The number of para-hydroxylation sites is 1. The molecule has 0 bridgehead atoms. The monoisotopic (exact) mass is 448 g/mol. The Hall–Kier alpha value is -3.55. The lowest BCUT2D eigenvalue weighted by molar-refractivity contribution is -0.384. The standard InChI is InChI=1S/C23H17ClN4O2S/c1-16(17-10-12-19(24)13-11-17)25-26-23-27(20-7-3-2-4-8-20)22(15-31-23)18-6-5-9-21(14-18)28(29)30/h2-15H,1H3/b25-16-,26-23-. The Balaban J connectivity index is 1.85. The molecule has 8 heteroatoms. The molecule has 0 unspecified atom stereocenters. The highest BCUT2D eigenvalue weighted by Crippen LogP contribution is 2.26. The van der Waals surface area contributed by atoms with Gasteiger partial charge in [0, 0.05) is 33.8 Å². The van der Waals surface area contributed by atoms with E-state index in [1.165, 1.54) is 17.4 Å². The van der Waals surface area contributed by atoms with Crippen LogP contribution in [0.2, 0.25) is 5.02 Å². The normalized spacial score (nSPS) is 12.2. The van der Waals surface area contributed by atoms with Crippen LogP contribution in [-0.2, 0) is 0 Å². The van der Waals surface area contributed by atoms with E-state index >= 15 is 0 Å². The fraction of sp³-hybridized carbons (Fsp3) is 0.0435.